The molecular formula is C37H62N16O9. The lowest BCUT2D eigenvalue weighted by Crippen LogP contribution is -2.65. The van der Waals surface area contributed by atoms with Gasteiger partial charge in [-0.05, 0) is 44.4 Å². The van der Waals surface area contributed by atoms with Gasteiger partial charge in [0.15, 0.2) is 17.7 Å². The van der Waals surface area contributed by atoms with Crippen LogP contribution in [0.3, 0.4) is 0 Å². The normalized spacial score (nSPS) is 21.0. The summed E-state index contributed by atoms with van der Waals surface area (Å²) in [6.45, 7) is 3.67. The first kappa shape index (κ1) is 50.3. The minimum atomic E-state index is -1.55. The molecule has 2 aliphatic rings. The average Bonchev–Trinajstić information content (AvgIpc) is 3.92. The molecule has 2 aliphatic heterocycles. The number of H-pyrrole nitrogens is 1. The van der Waals surface area contributed by atoms with Crippen molar-refractivity contribution in [3.8, 4) is 0 Å². The van der Waals surface area contributed by atoms with Gasteiger partial charge in [-0.15, -0.1) is 0 Å². The Morgan fingerprint density at radius 1 is 0.935 bits per heavy atom. The van der Waals surface area contributed by atoms with Gasteiger partial charge in [-0.3, -0.25) is 59.8 Å². The van der Waals surface area contributed by atoms with Crippen molar-refractivity contribution >= 4 is 58.9 Å². The molecule has 0 radical (unpaired) electrons. The van der Waals surface area contributed by atoms with E-state index in [-0.39, 0.29) is 82.2 Å². The zero-order valence-corrected chi connectivity index (χ0v) is 35.0. The lowest BCUT2D eigenvalue weighted by Gasteiger charge is -2.32. The molecule has 4 amide bonds. The van der Waals surface area contributed by atoms with Gasteiger partial charge in [-0.25, -0.2) is 4.98 Å². The van der Waals surface area contributed by atoms with Gasteiger partial charge in [-0.1, -0.05) is 13.8 Å². The van der Waals surface area contributed by atoms with E-state index >= 15 is 0 Å². The minimum absolute atomic E-state index is 0.000874. The summed E-state index contributed by atoms with van der Waals surface area (Å²) in [7, 11) is 0. The number of hydrogen-bond donors (Lipinski definition) is 15. The van der Waals surface area contributed by atoms with Crippen molar-refractivity contribution in [2.75, 3.05) is 39.3 Å². The second-order valence-corrected chi connectivity index (χ2v) is 15.5. The highest BCUT2D eigenvalue weighted by molar-refractivity contribution is 6.40. The summed E-state index contributed by atoms with van der Waals surface area (Å²) in [6, 6.07) is -6.47. The van der Waals surface area contributed by atoms with E-state index in [0.29, 0.717) is 25.0 Å². The number of rotatable bonds is 24. The Morgan fingerprint density at radius 2 is 1.58 bits per heavy atom. The number of primary amides is 1. The molecule has 0 aromatic carbocycles. The van der Waals surface area contributed by atoms with E-state index in [9.17, 15) is 43.5 Å². The Balaban J connectivity index is 1.86. The molecule has 1 aromatic heterocycles. The van der Waals surface area contributed by atoms with Crippen LogP contribution in [0.4, 0.5) is 0 Å². The highest BCUT2D eigenvalue weighted by Gasteiger charge is 2.40. The van der Waals surface area contributed by atoms with Crippen molar-refractivity contribution in [3.05, 3.63) is 18.2 Å². The maximum absolute atomic E-state index is 14.5. The zero-order valence-electron chi connectivity index (χ0n) is 35.0. The Hall–Kier alpha value is -6.05. The summed E-state index contributed by atoms with van der Waals surface area (Å²) in [5, 5.41) is 46.8. The summed E-state index contributed by atoms with van der Waals surface area (Å²) >= 11 is 0. The Labute approximate surface area is 358 Å². The second kappa shape index (κ2) is 25.0. The number of likely N-dealkylation sites (tertiary alicyclic amines) is 1. The predicted octanol–water partition coefficient (Wildman–Crippen LogP) is -5.43. The number of carboxylic acids is 1. The molecule has 1 aromatic rings. The van der Waals surface area contributed by atoms with Crippen molar-refractivity contribution in [2.24, 2.45) is 23.1 Å². The second-order valence-electron chi connectivity index (χ2n) is 15.5. The molecule has 2 fully saturated rings. The molecule has 2 saturated heterocycles. The van der Waals surface area contributed by atoms with Crippen LogP contribution >= 0.6 is 0 Å². The quantitative estimate of drug-likeness (QED) is 0.0199. The Morgan fingerprint density at radius 3 is 2.18 bits per heavy atom. The van der Waals surface area contributed by atoms with Crippen molar-refractivity contribution in [1.82, 2.24) is 57.4 Å². The standard InChI is InChI=1S/C37H62N16O9/c1-19(2)28(31(38)59)52-34(61)25-8-5-13-53(25)35(62)22(7-4-10-47-37(41)42)44-11-12-45-23(14-20-16-43-18-49-20)30(58)32-50-21(6-3-9-46-36(39)40)29(57)26(54)17-48-33(60)24(51-32)15-27(55)56/h16,18-19,21-25,28,32,44-45,50-51H,3-15,17H2,1-2H3,(H2,38,59)(H,43,49)(H,48,60)(H,52,61)(H,55,56)(H4,39,40,46)(H4,41,42,47)/t21-,22-,23-,24-,25-,28-,32?/m0/s1. The van der Waals surface area contributed by atoms with Gasteiger partial charge < -0.3 is 64.1 Å². The number of ketones is 3. The van der Waals surface area contributed by atoms with Gasteiger partial charge in [0, 0.05) is 51.0 Å². The molecule has 25 nitrogen and oxygen atoms in total. The molecule has 25 heteroatoms. The Bertz CT molecular complexity index is 1760. The van der Waals surface area contributed by atoms with Crippen LogP contribution in [0.25, 0.3) is 0 Å². The summed E-state index contributed by atoms with van der Waals surface area (Å²) in [5.41, 5.74) is 16.8. The number of amides is 4. The fourth-order valence-corrected chi connectivity index (χ4v) is 7.15. The summed E-state index contributed by atoms with van der Waals surface area (Å²) in [6.07, 6.45) is 2.36. The van der Waals surface area contributed by atoms with Crippen LogP contribution in [0.2, 0.25) is 0 Å². The van der Waals surface area contributed by atoms with Gasteiger partial charge >= 0.3 is 5.97 Å². The monoisotopic (exact) mass is 874 g/mol. The third-order valence-electron chi connectivity index (χ3n) is 10.3. The average molecular weight is 875 g/mol. The van der Waals surface area contributed by atoms with Crippen molar-refractivity contribution in [3.63, 3.8) is 0 Å². The molecule has 0 aliphatic carbocycles. The molecule has 0 saturated carbocycles. The van der Waals surface area contributed by atoms with E-state index in [4.69, 9.17) is 28.0 Å². The van der Waals surface area contributed by atoms with Crippen LogP contribution in [-0.4, -0.2) is 161 Å². The predicted molar refractivity (Wildman–Crippen MR) is 223 cm³/mol. The maximum Gasteiger partial charge on any atom is 0.305 e. The number of aromatic amines is 1. The molecule has 18 N–H and O–H groups in total. The fraction of sp³-hybridized carbons (Fsp3) is 0.649. The van der Waals surface area contributed by atoms with Crippen molar-refractivity contribution in [2.45, 2.75) is 108 Å². The number of hydrogen-bond acceptors (Lipinski definition) is 15. The molecule has 1 unspecified atom stereocenters. The van der Waals surface area contributed by atoms with Crippen molar-refractivity contribution in [1.29, 1.82) is 10.8 Å². The Kier molecular flexibility index (Phi) is 20.3. The number of carbonyl (C=O) groups is 8. The van der Waals surface area contributed by atoms with Crippen LogP contribution in [0.5, 0.6) is 0 Å². The van der Waals surface area contributed by atoms with Gasteiger partial charge in [0.25, 0.3) is 0 Å². The van der Waals surface area contributed by atoms with E-state index in [2.05, 4.69) is 52.5 Å². The van der Waals surface area contributed by atoms with Crippen LogP contribution < -0.4 is 59.7 Å². The first-order valence-corrected chi connectivity index (χ1v) is 20.5. The molecular weight excluding hydrogens is 813 g/mol. The molecule has 0 bridgehead atoms. The molecule has 7 atom stereocenters. The van der Waals surface area contributed by atoms with Gasteiger partial charge in [0.2, 0.25) is 35.2 Å². The van der Waals surface area contributed by atoms with E-state index < -0.39 is 96.4 Å². The van der Waals surface area contributed by atoms with Gasteiger partial charge in [-0.2, -0.15) is 0 Å². The molecule has 344 valence electrons. The fourth-order valence-electron chi connectivity index (χ4n) is 7.15. The molecule has 0 spiro atoms. The number of carboxylic acid groups (broad SMARTS) is 1. The smallest absolute Gasteiger partial charge is 0.305 e. The number of imidazole rings is 1. The van der Waals surface area contributed by atoms with E-state index in [1.807, 2.05) is 0 Å². The number of carbonyl (C=O) groups excluding carboxylic acids is 7. The van der Waals surface area contributed by atoms with E-state index in [1.165, 1.54) is 17.4 Å². The maximum atomic E-state index is 14.5. The summed E-state index contributed by atoms with van der Waals surface area (Å²) in [5.74, 6) is -7.25. The van der Waals surface area contributed by atoms with Crippen LogP contribution in [-0.2, 0) is 44.8 Å². The topological polar surface area (TPSA) is 411 Å². The van der Waals surface area contributed by atoms with Crippen LogP contribution in [0.15, 0.2) is 12.5 Å². The first-order chi connectivity index (χ1) is 29.4. The number of nitrogens with zero attached hydrogens (tertiary/aromatic N) is 2. The van der Waals surface area contributed by atoms with E-state index in [0.717, 1.165) is 0 Å². The largest absolute Gasteiger partial charge is 0.481 e. The molecule has 3 heterocycles. The third-order valence-corrected chi connectivity index (χ3v) is 10.3. The van der Waals surface area contributed by atoms with Crippen LogP contribution in [0, 0.1) is 16.7 Å². The number of nitrogens with one attached hydrogen (secondary N) is 11. The zero-order chi connectivity index (χ0) is 45.9. The van der Waals surface area contributed by atoms with Crippen molar-refractivity contribution < 1.29 is 43.5 Å². The highest BCUT2D eigenvalue weighted by atomic mass is 16.4. The van der Waals surface area contributed by atoms with Crippen LogP contribution in [0.1, 0.15) is 64.5 Å². The van der Waals surface area contributed by atoms with Gasteiger partial charge in [0.05, 0.1) is 43.5 Å². The summed E-state index contributed by atoms with van der Waals surface area (Å²) < 4.78 is 0. The lowest BCUT2D eigenvalue weighted by molar-refractivity contribution is -0.142. The van der Waals surface area contributed by atoms with Gasteiger partial charge in [0.1, 0.15) is 18.2 Å². The highest BCUT2D eigenvalue weighted by Crippen LogP contribution is 2.20. The number of guanidine groups is 2. The number of aliphatic carboxylic acids is 1. The number of aromatic nitrogens is 2. The third kappa shape index (κ3) is 16.1. The summed E-state index contributed by atoms with van der Waals surface area (Å²) in [4.78, 5) is 114. The SMILES string of the molecule is CC(C)[C@H](NC(=O)[C@@H]1CCCN1C(=O)[C@H](CCCNC(=N)N)NCCN[C@@H](Cc1cnc[nH]1)C(=O)C1N[C@@H](CC(=O)O)C(=O)NCC(=O)C(=O)[C@H](CCCNC(=N)N)N1)C(N)=O. The number of Topliss-reactive ketones (excluding diaryl/α,β-unsaturated/α-hetero) is 3. The minimum Gasteiger partial charge on any atom is -0.481 e. The molecule has 62 heavy (non-hydrogen) atoms. The number of nitrogens with two attached hydrogens (primary N) is 3. The lowest BCUT2D eigenvalue weighted by atomic mass is 9.98. The van der Waals surface area contributed by atoms with E-state index in [1.54, 1.807) is 13.8 Å². The molecule has 3 rings (SSSR count). The first-order valence-electron chi connectivity index (χ1n) is 20.5.